The Labute approximate surface area is 187 Å². The van der Waals surface area contributed by atoms with Crippen LogP contribution in [0.4, 0.5) is 24.7 Å². The molecule has 2 atom stereocenters. The van der Waals surface area contributed by atoms with Crippen LogP contribution in [0.25, 0.3) is 0 Å². The molecule has 10 heteroatoms. The number of para-hydroxylation sites is 1. The molecule has 6 nitrogen and oxygen atoms in total. The largest absolute Gasteiger partial charge is 0.410 e. The van der Waals surface area contributed by atoms with Crippen molar-refractivity contribution in [3.8, 4) is 0 Å². The molecule has 1 saturated heterocycles. The van der Waals surface area contributed by atoms with E-state index in [0.29, 0.717) is 26.2 Å². The highest BCUT2D eigenvalue weighted by Gasteiger charge is 2.47. The first-order chi connectivity index (χ1) is 15.4. The smallest absolute Gasteiger partial charge is 0.368 e. The molecule has 168 valence electrons. The lowest BCUT2D eigenvalue weighted by molar-refractivity contribution is -0.173. The van der Waals surface area contributed by atoms with Gasteiger partial charge in [0.2, 0.25) is 0 Å². The summed E-state index contributed by atoms with van der Waals surface area (Å²) in [5.74, 6) is -0.147. The topological polar surface area (TPSA) is 53.4 Å². The van der Waals surface area contributed by atoms with E-state index in [-0.39, 0.29) is 23.7 Å². The molecular weight excluding hydrogens is 439 g/mol. The summed E-state index contributed by atoms with van der Waals surface area (Å²) in [5, 5.41) is 8.97. The van der Waals surface area contributed by atoms with Gasteiger partial charge in [0.15, 0.2) is 6.04 Å². The lowest BCUT2D eigenvalue weighted by atomic mass is 10.0. The number of hydrogen-bond donors (Lipinski definition) is 1. The molecule has 2 aromatic heterocycles. The normalized spacial score (nSPS) is 21.2. The lowest BCUT2D eigenvalue weighted by Crippen LogP contribution is -2.49. The Morgan fingerprint density at radius 2 is 1.81 bits per heavy atom. The van der Waals surface area contributed by atoms with Crippen molar-refractivity contribution >= 4 is 28.7 Å². The van der Waals surface area contributed by atoms with Crippen molar-refractivity contribution in [1.29, 1.82) is 0 Å². The van der Waals surface area contributed by atoms with Crippen molar-refractivity contribution in [3.63, 3.8) is 0 Å². The number of piperazine rings is 1. The van der Waals surface area contributed by atoms with E-state index < -0.39 is 18.3 Å². The number of rotatable bonds is 3. The van der Waals surface area contributed by atoms with E-state index in [9.17, 15) is 18.0 Å². The number of alkyl halides is 3. The highest BCUT2D eigenvalue weighted by molar-refractivity contribution is 7.10. The maximum atomic E-state index is 13.8. The number of anilines is 2. The van der Waals surface area contributed by atoms with E-state index in [0.717, 1.165) is 15.2 Å². The number of nitrogens with zero attached hydrogens (tertiary/aromatic N) is 4. The minimum absolute atomic E-state index is 0.146. The number of carbonyl (C=O) groups excluding carboxylic acids is 1. The summed E-state index contributed by atoms with van der Waals surface area (Å²) in [4.78, 5) is 18.0. The first-order valence-corrected chi connectivity index (χ1v) is 11.3. The van der Waals surface area contributed by atoms with Crippen LogP contribution in [-0.2, 0) is 0 Å². The second kappa shape index (κ2) is 8.16. The average molecular weight is 462 g/mol. The van der Waals surface area contributed by atoms with Gasteiger partial charge in [0, 0.05) is 43.2 Å². The molecule has 1 amide bonds. The van der Waals surface area contributed by atoms with Crippen LogP contribution in [0.3, 0.4) is 0 Å². The quantitative estimate of drug-likeness (QED) is 0.621. The third-order valence-corrected chi connectivity index (χ3v) is 7.03. The minimum atomic E-state index is -4.46. The monoisotopic (exact) mass is 461 g/mol. The summed E-state index contributed by atoms with van der Waals surface area (Å²) in [5.41, 5.74) is 1.28. The van der Waals surface area contributed by atoms with E-state index in [1.807, 2.05) is 47.8 Å². The van der Waals surface area contributed by atoms with Gasteiger partial charge < -0.3 is 15.1 Å². The first kappa shape index (κ1) is 20.9. The molecule has 0 saturated carbocycles. The molecule has 0 aliphatic carbocycles. The molecule has 3 aromatic rings. The molecule has 0 bridgehead atoms. The molecule has 1 N–H and O–H groups in total. The molecule has 2 unspecified atom stereocenters. The van der Waals surface area contributed by atoms with Crippen LogP contribution in [0.2, 0.25) is 0 Å². The second-order valence-corrected chi connectivity index (χ2v) is 8.95. The molecule has 1 fully saturated rings. The predicted octanol–water partition coefficient (Wildman–Crippen LogP) is 4.57. The van der Waals surface area contributed by atoms with Crippen molar-refractivity contribution in [1.82, 2.24) is 14.7 Å². The lowest BCUT2D eigenvalue weighted by Gasteiger charge is -2.37. The van der Waals surface area contributed by atoms with Gasteiger partial charge in [0.25, 0.3) is 5.91 Å². The summed E-state index contributed by atoms with van der Waals surface area (Å²) in [6.07, 6.45) is -3.36. The second-order valence-electron chi connectivity index (χ2n) is 7.97. The Morgan fingerprint density at radius 3 is 2.47 bits per heavy atom. The number of benzene rings is 1. The van der Waals surface area contributed by atoms with Gasteiger partial charge in [-0.05, 0) is 23.6 Å². The summed E-state index contributed by atoms with van der Waals surface area (Å²) in [6, 6.07) is 11.3. The fourth-order valence-corrected chi connectivity index (χ4v) is 5.16. The average Bonchev–Trinajstić information content (AvgIpc) is 3.48. The van der Waals surface area contributed by atoms with Crippen molar-refractivity contribution in [2.24, 2.45) is 0 Å². The van der Waals surface area contributed by atoms with Crippen LogP contribution in [0.1, 0.15) is 33.7 Å². The van der Waals surface area contributed by atoms with E-state index in [1.165, 1.54) is 17.5 Å². The van der Waals surface area contributed by atoms with Gasteiger partial charge in [-0.15, -0.1) is 11.3 Å². The number of thiophene rings is 1. The Hall–Kier alpha value is -3.01. The third kappa shape index (κ3) is 3.83. The molecule has 2 aliphatic heterocycles. The number of aromatic nitrogens is 2. The van der Waals surface area contributed by atoms with Crippen LogP contribution in [-0.4, -0.2) is 52.9 Å². The van der Waals surface area contributed by atoms with Crippen LogP contribution in [0.15, 0.2) is 54.0 Å². The summed E-state index contributed by atoms with van der Waals surface area (Å²) >= 11 is 1.40. The third-order valence-electron chi connectivity index (χ3n) is 6.04. The number of fused-ring (bicyclic) bond motifs is 1. The summed E-state index contributed by atoms with van der Waals surface area (Å²) in [7, 11) is 0. The highest BCUT2D eigenvalue weighted by atomic mass is 32.1. The SMILES string of the molecule is O=C(c1cnn2c1NC(c1cccs1)CC2C(F)(F)F)N1CCN(c2ccccc2)CC1. The van der Waals surface area contributed by atoms with Crippen LogP contribution >= 0.6 is 11.3 Å². The molecule has 4 heterocycles. The van der Waals surface area contributed by atoms with Gasteiger partial charge in [0.1, 0.15) is 11.4 Å². The van der Waals surface area contributed by atoms with Gasteiger partial charge in [-0.2, -0.15) is 18.3 Å². The van der Waals surface area contributed by atoms with Gasteiger partial charge in [0.05, 0.1) is 12.2 Å². The van der Waals surface area contributed by atoms with Crippen molar-refractivity contribution in [2.75, 3.05) is 36.4 Å². The zero-order chi connectivity index (χ0) is 22.3. The van der Waals surface area contributed by atoms with E-state index in [2.05, 4.69) is 15.3 Å². The van der Waals surface area contributed by atoms with Crippen molar-refractivity contribution in [2.45, 2.75) is 24.7 Å². The molecule has 2 aliphatic rings. The fraction of sp³-hybridized carbons (Fsp3) is 0.364. The number of amides is 1. The van der Waals surface area contributed by atoms with Crippen molar-refractivity contribution < 1.29 is 18.0 Å². The Kier molecular flexibility index (Phi) is 5.32. The van der Waals surface area contributed by atoms with Crippen LogP contribution in [0.5, 0.6) is 0 Å². The van der Waals surface area contributed by atoms with Gasteiger partial charge in [-0.1, -0.05) is 24.3 Å². The van der Waals surface area contributed by atoms with Crippen LogP contribution < -0.4 is 10.2 Å². The molecule has 5 rings (SSSR count). The molecule has 1 aromatic carbocycles. The zero-order valence-corrected chi connectivity index (χ0v) is 17.9. The van der Waals surface area contributed by atoms with Crippen molar-refractivity contribution in [3.05, 3.63) is 64.5 Å². The molecular formula is C22H22F3N5OS. The Bertz CT molecular complexity index is 1070. The highest BCUT2D eigenvalue weighted by Crippen LogP contribution is 2.45. The van der Waals surface area contributed by atoms with E-state index in [4.69, 9.17) is 0 Å². The van der Waals surface area contributed by atoms with Gasteiger partial charge >= 0.3 is 6.18 Å². The Balaban J connectivity index is 1.38. The first-order valence-electron chi connectivity index (χ1n) is 10.5. The Morgan fingerprint density at radius 1 is 1.06 bits per heavy atom. The standard InChI is InChI=1S/C22H22F3N5OS/c23-22(24,25)19-13-17(18-7-4-12-32-18)27-20-16(14-26-30(19)20)21(31)29-10-8-28(9-11-29)15-5-2-1-3-6-15/h1-7,12,14,17,19,27H,8-11,13H2. The fourth-order valence-electron chi connectivity index (χ4n) is 4.37. The molecule has 32 heavy (non-hydrogen) atoms. The summed E-state index contributed by atoms with van der Waals surface area (Å²) in [6.45, 7) is 2.32. The molecule has 0 spiro atoms. The zero-order valence-electron chi connectivity index (χ0n) is 17.1. The number of hydrogen-bond acceptors (Lipinski definition) is 5. The summed E-state index contributed by atoms with van der Waals surface area (Å²) < 4.78 is 42.4. The number of nitrogens with one attached hydrogen (secondary N) is 1. The number of halogens is 3. The van der Waals surface area contributed by atoms with Gasteiger partial charge in [-0.3, -0.25) is 4.79 Å². The minimum Gasteiger partial charge on any atom is -0.368 e. The van der Waals surface area contributed by atoms with Gasteiger partial charge in [-0.25, -0.2) is 4.68 Å². The molecule has 0 radical (unpaired) electrons. The predicted molar refractivity (Wildman–Crippen MR) is 117 cm³/mol. The van der Waals surface area contributed by atoms with Crippen LogP contribution in [0, 0.1) is 0 Å². The number of carbonyl (C=O) groups is 1. The van der Waals surface area contributed by atoms with E-state index in [1.54, 1.807) is 4.90 Å². The van der Waals surface area contributed by atoms with E-state index >= 15 is 0 Å². The maximum Gasteiger partial charge on any atom is 0.410 e. The maximum absolute atomic E-state index is 13.8.